The van der Waals surface area contributed by atoms with Crippen LogP contribution in [0.25, 0.3) is 32.5 Å². The molecule has 0 amide bonds. The lowest BCUT2D eigenvalue weighted by molar-refractivity contribution is 0.171. The number of thiophene rings is 1. The molecule has 2 aromatic heterocycles. The molecule has 140 valence electrons. The number of H-pyrrole nitrogens is 1. The number of pyridine rings is 1. The van der Waals surface area contributed by atoms with Crippen LogP contribution in [0.2, 0.25) is 4.34 Å². The Morgan fingerprint density at radius 1 is 0.964 bits per heavy atom. The van der Waals surface area contributed by atoms with Crippen molar-refractivity contribution in [2.24, 2.45) is 0 Å². The Hall–Kier alpha value is -2.96. The Balaban J connectivity index is 1.79. The first-order valence-corrected chi connectivity index (χ1v) is 9.85. The number of rotatable bonds is 2. The molecule has 5 rings (SSSR count). The van der Waals surface area contributed by atoms with Crippen LogP contribution in [0.3, 0.4) is 0 Å². The molecule has 4 aromatic rings. The van der Waals surface area contributed by atoms with Crippen LogP contribution in [0.15, 0.2) is 53.3 Å². The monoisotopic (exact) mass is 411 g/mol. The van der Waals surface area contributed by atoms with E-state index < -0.39 is 0 Å². The van der Waals surface area contributed by atoms with Crippen molar-refractivity contribution >= 4 is 33.2 Å². The molecule has 0 saturated heterocycles. The fourth-order valence-electron chi connectivity index (χ4n) is 3.44. The molecule has 5 nitrogen and oxygen atoms in total. The summed E-state index contributed by atoms with van der Waals surface area (Å²) >= 11 is 7.74. The predicted octanol–water partition coefficient (Wildman–Crippen LogP) is 5.05. The smallest absolute Gasteiger partial charge is 0.260 e. The van der Waals surface area contributed by atoms with Gasteiger partial charge < -0.3 is 19.6 Å². The molecule has 0 fully saturated rings. The van der Waals surface area contributed by atoms with Crippen molar-refractivity contribution in [2.75, 3.05) is 13.2 Å². The number of aromatic hydroxyl groups is 1. The standard InChI is InChI=1S/C21H14ClNO4S/c22-19-15(12-6-7-13-14(10-12)27-9-8-26-13)17-18(24)16(11-4-2-1-3-5-11)20(25)23-21(17)28-19/h1-7,10H,8-9H2,(H2,23,24,25). The molecule has 0 atom stereocenters. The Kier molecular flexibility index (Phi) is 4.03. The molecule has 2 aromatic carbocycles. The minimum Gasteiger partial charge on any atom is -0.506 e. The van der Waals surface area contributed by atoms with Crippen molar-refractivity contribution in [2.45, 2.75) is 0 Å². The summed E-state index contributed by atoms with van der Waals surface area (Å²) in [6.45, 7) is 0.988. The van der Waals surface area contributed by atoms with E-state index in [-0.39, 0.29) is 16.9 Å². The first kappa shape index (κ1) is 17.2. The van der Waals surface area contributed by atoms with Gasteiger partial charge in [0.25, 0.3) is 5.56 Å². The van der Waals surface area contributed by atoms with Gasteiger partial charge >= 0.3 is 0 Å². The van der Waals surface area contributed by atoms with Crippen LogP contribution < -0.4 is 15.0 Å². The second-order valence-corrected chi connectivity index (χ2v) is 7.98. The van der Waals surface area contributed by atoms with Crippen LogP contribution in [0, 0.1) is 0 Å². The van der Waals surface area contributed by atoms with E-state index >= 15 is 0 Å². The highest BCUT2D eigenvalue weighted by Crippen LogP contribution is 2.48. The van der Waals surface area contributed by atoms with E-state index in [4.69, 9.17) is 21.1 Å². The van der Waals surface area contributed by atoms with Crippen molar-refractivity contribution < 1.29 is 14.6 Å². The molecular formula is C21H14ClNO4S. The molecule has 1 aliphatic rings. The number of hydrogen-bond acceptors (Lipinski definition) is 5. The van der Waals surface area contributed by atoms with Gasteiger partial charge in [-0.2, -0.15) is 0 Å². The summed E-state index contributed by atoms with van der Waals surface area (Å²) < 4.78 is 11.7. The van der Waals surface area contributed by atoms with Gasteiger partial charge in [-0.05, 0) is 23.3 Å². The highest BCUT2D eigenvalue weighted by Gasteiger charge is 2.23. The maximum absolute atomic E-state index is 12.6. The van der Waals surface area contributed by atoms with Gasteiger partial charge in [-0.15, -0.1) is 11.3 Å². The minimum absolute atomic E-state index is 0.0852. The van der Waals surface area contributed by atoms with Crippen molar-refractivity contribution in [1.29, 1.82) is 0 Å². The summed E-state index contributed by atoms with van der Waals surface area (Å²) in [4.78, 5) is 16.0. The van der Waals surface area contributed by atoms with Gasteiger partial charge in [0, 0.05) is 5.56 Å². The zero-order valence-corrected chi connectivity index (χ0v) is 16.1. The number of fused-ring (bicyclic) bond motifs is 2. The van der Waals surface area contributed by atoms with Crippen molar-refractivity contribution in [3.05, 3.63) is 63.2 Å². The van der Waals surface area contributed by atoms with Gasteiger partial charge in [0.1, 0.15) is 28.1 Å². The number of ether oxygens (including phenoxy) is 2. The van der Waals surface area contributed by atoms with Crippen molar-refractivity contribution in [3.8, 4) is 39.5 Å². The number of aromatic amines is 1. The number of nitrogens with one attached hydrogen (secondary N) is 1. The molecule has 7 heteroatoms. The number of aromatic nitrogens is 1. The summed E-state index contributed by atoms with van der Waals surface area (Å²) in [6.07, 6.45) is 0. The maximum Gasteiger partial charge on any atom is 0.260 e. The van der Waals surface area contributed by atoms with Crippen molar-refractivity contribution in [3.63, 3.8) is 0 Å². The first-order chi connectivity index (χ1) is 13.6. The van der Waals surface area contributed by atoms with Crippen LogP contribution in [-0.2, 0) is 0 Å². The molecule has 0 bridgehead atoms. The second kappa shape index (κ2) is 6.58. The van der Waals surface area contributed by atoms with E-state index in [0.717, 1.165) is 5.56 Å². The predicted molar refractivity (Wildman–Crippen MR) is 111 cm³/mol. The molecule has 1 aliphatic heterocycles. The molecule has 2 N–H and O–H groups in total. The van der Waals surface area contributed by atoms with E-state index in [2.05, 4.69) is 4.98 Å². The zero-order valence-electron chi connectivity index (χ0n) is 14.5. The lowest BCUT2D eigenvalue weighted by Gasteiger charge is -2.19. The van der Waals surface area contributed by atoms with Crippen LogP contribution in [0.4, 0.5) is 0 Å². The van der Waals surface area contributed by atoms with Crippen LogP contribution in [0.5, 0.6) is 17.2 Å². The van der Waals surface area contributed by atoms with E-state index in [0.29, 0.717) is 50.4 Å². The van der Waals surface area contributed by atoms with E-state index in [9.17, 15) is 9.90 Å². The van der Waals surface area contributed by atoms with Gasteiger partial charge in [0.15, 0.2) is 11.5 Å². The lowest BCUT2D eigenvalue weighted by Crippen LogP contribution is -2.15. The molecule has 0 spiro atoms. The van der Waals surface area contributed by atoms with Gasteiger partial charge in [-0.3, -0.25) is 4.79 Å². The summed E-state index contributed by atoms with van der Waals surface area (Å²) in [5.41, 5.74) is 1.94. The maximum atomic E-state index is 12.6. The third kappa shape index (κ3) is 2.65. The third-order valence-corrected chi connectivity index (χ3v) is 6.00. The summed E-state index contributed by atoms with van der Waals surface area (Å²) in [5.74, 6) is 1.22. The van der Waals surface area contributed by atoms with Crippen LogP contribution >= 0.6 is 22.9 Å². The Morgan fingerprint density at radius 2 is 1.71 bits per heavy atom. The molecular weight excluding hydrogens is 398 g/mol. The topological polar surface area (TPSA) is 71.6 Å². The van der Waals surface area contributed by atoms with Gasteiger partial charge in [0.05, 0.1) is 10.9 Å². The Labute approximate surface area is 168 Å². The lowest BCUT2D eigenvalue weighted by atomic mass is 10.0. The summed E-state index contributed by atoms with van der Waals surface area (Å²) in [5, 5.41) is 11.6. The largest absolute Gasteiger partial charge is 0.506 e. The van der Waals surface area contributed by atoms with E-state index in [1.807, 2.05) is 36.4 Å². The normalized spacial score (nSPS) is 13.0. The zero-order chi connectivity index (χ0) is 19.3. The quantitative estimate of drug-likeness (QED) is 0.484. The van der Waals surface area contributed by atoms with Crippen molar-refractivity contribution in [1.82, 2.24) is 4.98 Å². The Morgan fingerprint density at radius 3 is 2.50 bits per heavy atom. The second-order valence-electron chi connectivity index (χ2n) is 6.36. The molecule has 28 heavy (non-hydrogen) atoms. The molecule has 0 aliphatic carbocycles. The minimum atomic E-state index is -0.358. The van der Waals surface area contributed by atoms with E-state index in [1.165, 1.54) is 11.3 Å². The fraction of sp³-hybridized carbons (Fsp3) is 0.0952. The van der Waals surface area contributed by atoms with Gasteiger partial charge in [-0.25, -0.2) is 0 Å². The summed E-state index contributed by atoms with van der Waals surface area (Å²) in [7, 11) is 0. The van der Waals surface area contributed by atoms with Crippen LogP contribution in [0.1, 0.15) is 0 Å². The highest BCUT2D eigenvalue weighted by atomic mass is 35.5. The Bertz CT molecular complexity index is 1260. The number of hydrogen-bond donors (Lipinski definition) is 2. The molecule has 3 heterocycles. The summed E-state index contributed by atoms with van der Waals surface area (Å²) in [6, 6.07) is 14.6. The SMILES string of the molecule is O=c1[nH]c2sc(Cl)c(-c3ccc4c(c3)OCCO4)c2c(O)c1-c1ccccc1. The van der Waals surface area contributed by atoms with Crippen LogP contribution in [-0.4, -0.2) is 23.3 Å². The average Bonchev–Trinajstić information content (AvgIpc) is 3.04. The molecule has 0 unspecified atom stereocenters. The fourth-order valence-corrected chi connectivity index (χ4v) is 4.83. The average molecular weight is 412 g/mol. The van der Waals surface area contributed by atoms with Gasteiger partial charge in [-0.1, -0.05) is 48.0 Å². The van der Waals surface area contributed by atoms with E-state index in [1.54, 1.807) is 12.1 Å². The molecule has 0 radical (unpaired) electrons. The third-order valence-electron chi connectivity index (χ3n) is 4.69. The number of halogens is 1. The molecule has 0 saturated carbocycles. The van der Waals surface area contributed by atoms with Gasteiger partial charge in [0.2, 0.25) is 0 Å². The highest BCUT2D eigenvalue weighted by molar-refractivity contribution is 7.23. The first-order valence-electron chi connectivity index (χ1n) is 8.66. The number of benzene rings is 2.